The Kier molecular flexibility index (Phi) is 10.7. The molecule has 18 heteroatoms. The average Bonchev–Trinajstić information content (AvgIpc) is 3.76. The molecule has 0 unspecified atom stereocenters. The van der Waals surface area contributed by atoms with Crippen LogP contribution in [0.2, 0.25) is 0 Å². The van der Waals surface area contributed by atoms with Crippen molar-refractivity contribution in [2.24, 2.45) is 7.05 Å². The van der Waals surface area contributed by atoms with Crippen molar-refractivity contribution in [3.8, 4) is 28.4 Å². The molecule has 4 aliphatic heterocycles. The van der Waals surface area contributed by atoms with Crippen LogP contribution in [0.1, 0.15) is 12.5 Å². The molecule has 14 atom stereocenters. The zero-order valence-electron chi connectivity index (χ0n) is 28.1. The van der Waals surface area contributed by atoms with Gasteiger partial charge in [0.25, 0.3) is 0 Å². The number of hydrogen-bond acceptors (Lipinski definition) is 17. The highest BCUT2D eigenvalue weighted by molar-refractivity contribution is 5.99. The fourth-order valence-corrected chi connectivity index (χ4v) is 6.88. The van der Waals surface area contributed by atoms with E-state index in [9.17, 15) is 46.0 Å². The fourth-order valence-electron chi connectivity index (χ4n) is 6.88. The number of ether oxygens (including phenoxy) is 8. The van der Waals surface area contributed by atoms with E-state index in [4.69, 9.17) is 37.9 Å². The molecule has 2 aromatic carbocycles. The number of benzene rings is 2. The summed E-state index contributed by atoms with van der Waals surface area (Å²) in [7, 11) is 1.83. The zero-order valence-corrected chi connectivity index (χ0v) is 28.1. The molecule has 52 heavy (non-hydrogen) atoms. The number of aromatic nitrogens is 1. The first-order chi connectivity index (χ1) is 24.9. The summed E-state index contributed by atoms with van der Waals surface area (Å²) in [6.07, 6.45) is -19.7. The summed E-state index contributed by atoms with van der Waals surface area (Å²) in [6, 6.07) is 8.70. The van der Waals surface area contributed by atoms with Crippen LogP contribution in [0.4, 0.5) is 0 Å². The Labute approximate surface area is 296 Å². The highest BCUT2D eigenvalue weighted by Crippen LogP contribution is 2.45. The number of nitrogens with zero attached hydrogens (tertiary/aromatic N) is 1. The SMILES string of the molecule is C[C@@H]1O[C@@H](OC[C@H]2O[C@@H](Oc3ccc4ccn(C)c4c3-c3cc4c(cc3CO)OCO4)[C@H](O)[C@@H](O)[C@@H]2O)[C@H](O[C@H]2OC[C@@H](O)[C@H](O)[C@H]2O)[C@H](O)[C@H]1O. The van der Waals surface area contributed by atoms with E-state index in [1.165, 1.54) is 6.92 Å². The van der Waals surface area contributed by atoms with Crippen LogP contribution in [0.15, 0.2) is 36.5 Å². The second kappa shape index (κ2) is 14.9. The maximum absolute atomic E-state index is 11.0. The molecule has 0 aliphatic carbocycles. The lowest BCUT2D eigenvalue weighted by molar-refractivity contribution is -0.359. The summed E-state index contributed by atoms with van der Waals surface area (Å²) >= 11 is 0. The predicted octanol–water partition coefficient (Wildman–Crippen LogP) is -2.44. The Morgan fingerprint density at radius 2 is 1.52 bits per heavy atom. The molecule has 3 fully saturated rings. The van der Waals surface area contributed by atoms with E-state index < -0.39 is 99.2 Å². The summed E-state index contributed by atoms with van der Waals surface area (Å²) in [5, 5.41) is 95.7. The molecule has 0 bridgehead atoms. The maximum Gasteiger partial charge on any atom is 0.231 e. The lowest BCUT2D eigenvalue weighted by atomic mass is 9.96. The summed E-state index contributed by atoms with van der Waals surface area (Å²) in [5.74, 6) is 1.11. The third-order valence-electron chi connectivity index (χ3n) is 9.91. The van der Waals surface area contributed by atoms with Gasteiger partial charge in [-0.05, 0) is 48.4 Å². The van der Waals surface area contributed by atoms with E-state index in [2.05, 4.69) is 0 Å². The molecule has 5 heterocycles. The van der Waals surface area contributed by atoms with Gasteiger partial charge in [0.15, 0.2) is 24.1 Å². The molecule has 286 valence electrons. The Morgan fingerprint density at radius 1 is 0.788 bits per heavy atom. The van der Waals surface area contributed by atoms with Gasteiger partial charge in [0.05, 0.1) is 31.4 Å². The minimum absolute atomic E-state index is 0.00788. The normalized spacial score (nSPS) is 37.8. The number of hydrogen-bond donors (Lipinski definition) is 9. The molecule has 4 aliphatic rings. The monoisotopic (exact) mass is 737 g/mol. The summed E-state index contributed by atoms with van der Waals surface area (Å²) in [5.41, 5.74) is 2.27. The van der Waals surface area contributed by atoms with Gasteiger partial charge in [-0.1, -0.05) is 0 Å². The molecule has 0 spiro atoms. The lowest BCUT2D eigenvalue weighted by Gasteiger charge is -2.45. The molecular formula is C34H43NO17. The third kappa shape index (κ3) is 6.73. The molecule has 7 rings (SSSR count). The topological polar surface area (TPSA) is 261 Å². The van der Waals surface area contributed by atoms with Crippen LogP contribution in [0.25, 0.3) is 22.0 Å². The van der Waals surface area contributed by atoms with Crippen molar-refractivity contribution in [2.45, 2.75) is 99.5 Å². The Morgan fingerprint density at radius 3 is 2.27 bits per heavy atom. The highest BCUT2D eigenvalue weighted by atomic mass is 16.8. The van der Waals surface area contributed by atoms with Gasteiger partial charge in [-0.2, -0.15) is 0 Å². The molecule has 0 amide bonds. The summed E-state index contributed by atoms with van der Waals surface area (Å²) in [4.78, 5) is 0. The first kappa shape index (κ1) is 37.1. The standard InChI is InChI=1S/C34H43NO17/c1-13-24(38)28(42)31(52-32-29(43)25(39)17(37)10-45-32)34(49-13)46-11-21-26(40)27(41)30(44)33(51-21)50-18-4-3-14-5-6-35(2)23(14)22(18)16-8-20-19(47-12-48-20)7-15(16)9-36/h3-8,13,17,21,24-34,36-44H,9-12H2,1-2H3/t13-,17+,21+,24-,25-,26+,27-,28+,29+,30+,31+,32+,33+,34+/m0/s1. The van der Waals surface area contributed by atoms with Crippen molar-refractivity contribution in [1.29, 1.82) is 0 Å². The molecule has 0 saturated carbocycles. The second-order valence-corrected chi connectivity index (χ2v) is 13.3. The van der Waals surface area contributed by atoms with Crippen LogP contribution in [0, 0.1) is 0 Å². The van der Waals surface area contributed by atoms with Gasteiger partial charge in [-0.25, -0.2) is 0 Å². The lowest BCUT2D eigenvalue weighted by Crippen LogP contribution is -2.63. The van der Waals surface area contributed by atoms with Gasteiger partial charge in [0, 0.05) is 24.2 Å². The summed E-state index contributed by atoms with van der Waals surface area (Å²) in [6.45, 7) is 0.196. The quantitative estimate of drug-likeness (QED) is 0.111. The van der Waals surface area contributed by atoms with Crippen molar-refractivity contribution < 1.29 is 83.9 Å². The summed E-state index contributed by atoms with van der Waals surface area (Å²) < 4.78 is 47.8. The van der Waals surface area contributed by atoms with Crippen LogP contribution in [-0.2, 0) is 37.3 Å². The van der Waals surface area contributed by atoms with Crippen molar-refractivity contribution in [3.05, 3.63) is 42.1 Å². The fraction of sp³-hybridized carbons (Fsp3) is 0.588. The number of rotatable bonds is 9. The van der Waals surface area contributed by atoms with Crippen molar-refractivity contribution in [1.82, 2.24) is 4.57 Å². The molecule has 9 N–H and O–H groups in total. The minimum atomic E-state index is -1.78. The zero-order chi connectivity index (χ0) is 37.0. The van der Waals surface area contributed by atoms with E-state index in [0.29, 0.717) is 33.7 Å². The second-order valence-electron chi connectivity index (χ2n) is 13.3. The van der Waals surface area contributed by atoms with Crippen molar-refractivity contribution >= 4 is 10.9 Å². The Bertz CT molecular complexity index is 1720. The van der Waals surface area contributed by atoms with Crippen LogP contribution in [0.5, 0.6) is 17.2 Å². The van der Waals surface area contributed by atoms with Gasteiger partial charge in [0.2, 0.25) is 13.1 Å². The molecule has 18 nitrogen and oxygen atoms in total. The molecule has 3 aromatic rings. The molecule has 1 aromatic heterocycles. The van der Waals surface area contributed by atoms with Crippen molar-refractivity contribution in [3.63, 3.8) is 0 Å². The molecule has 0 radical (unpaired) electrons. The van der Waals surface area contributed by atoms with Gasteiger partial charge >= 0.3 is 0 Å². The van der Waals surface area contributed by atoms with E-state index >= 15 is 0 Å². The minimum Gasteiger partial charge on any atom is -0.461 e. The molecular weight excluding hydrogens is 694 g/mol. The molecule has 3 saturated heterocycles. The number of aryl methyl sites for hydroxylation is 1. The van der Waals surface area contributed by atoms with E-state index in [-0.39, 0.29) is 19.1 Å². The van der Waals surface area contributed by atoms with Crippen LogP contribution >= 0.6 is 0 Å². The van der Waals surface area contributed by atoms with Gasteiger partial charge < -0.3 is 88.4 Å². The Hall–Kier alpha value is -3.18. The van der Waals surface area contributed by atoms with E-state index in [1.54, 1.807) is 24.3 Å². The first-order valence-corrected chi connectivity index (χ1v) is 16.8. The first-order valence-electron chi connectivity index (χ1n) is 16.8. The van der Waals surface area contributed by atoms with Crippen LogP contribution < -0.4 is 14.2 Å². The smallest absolute Gasteiger partial charge is 0.231 e. The van der Waals surface area contributed by atoms with Gasteiger partial charge in [0.1, 0.15) is 66.8 Å². The number of aliphatic hydroxyl groups excluding tert-OH is 9. The van der Waals surface area contributed by atoms with Crippen molar-refractivity contribution in [2.75, 3.05) is 20.0 Å². The van der Waals surface area contributed by atoms with Crippen LogP contribution in [-0.4, -0.2) is 157 Å². The highest BCUT2D eigenvalue weighted by Gasteiger charge is 2.50. The number of aliphatic hydroxyl groups is 9. The predicted molar refractivity (Wildman–Crippen MR) is 173 cm³/mol. The van der Waals surface area contributed by atoms with Gasteiger partial charge in [-0.3, -0.25) is 0 Å². The Balaban J connectivity index is 1.13. The van der Waals surface area contributed by atoms with Gasteiger partial charge in [-0.15, -0.1) is 0 Å². The maximum atomic E-state index is 11.0. The number of fused-ring (bicyclic) bond motifs is 2. The van der Waals surface area contributed by atoms with E-state index in [0.717, 1.165) is 5.39 Å². The third-order valence-corrected chi connectivity index (χ3v) is 9.91. The van der Waals surface area contributed by atoms with E-state index in [1.807, 2.05) is 23.9 Å². The largest absolute Gasteiger partial charge is 0.461 e. The van der Waals surface area contributed by atoms with Crippen LogP contribution in [0.3, 0.4) is 0 Å². The average molecular weight is 738 g/mol.